The molecule has 1 N–H and O–H groups in total. The Morgan fingerprint density at radius 3 is 2.29 bits per heavy atom. The lowest BCUT2D eigenvalue weighted by Gasteiger charge is -2.22. The Hall–Kier alpha value is -1.09. The molecule has 1 heterocycles. The molecule has 2 atom stereocenters. The minimum Gasteiger partial charge on any atom is -0.489 e. The summed E-state index contributed by atoms with van der Waals surface area (Å²) in [7, 11) is 0. The molecular weight excluding hydrogens is 214 g/mol. The van der Waals surface area contributed by atoms with Gasteiger partial charge in [-0.1, -0.05) is 20.8 Å². The minimum absolute atomic E-state index is 0.117. The van der Waals surface area contributed by atoms with Crippen molar-refractivity contribution in [3.8, 4) is 5.75 Å². The lowest BCUT2D eigenvalue weighted by atomic mass is 9.89. The number of aliphatic hydroxyl groups is 1. The van der Waals surface area contributed by atoms with Gasteiger partial charge in [0.25, 0.3) is 0 Å². The first kappa shape index (κ1) is 14.0. The molecule has 0 saturated carbocycles. The summed E-state index contributed by atoms with van der Waals surface area (Å²) in [6.07, 6.45) is 3.01. The summed E-state index contributed by atoms with van der Waals surface area (Å²) in [5.74, 6) is 1.35. The van der Waals surface area contributed by atoms with Crippen LogP contribution in [0.3, 0.4) is 0 Å². The Kier molecular flexibility index (Phi) is 4.94. The van der Waals surface area contributed by atoms with E-state index in [2.05, 4.69) is 18.8 Å². The van der Waals surface area contributed by atoms with Gasteiger partial charge in [-0.2, -0.15) is 0 Å². The Morgan fingerprint density at radius 2 is 1.76 bits per heavy atom. The molecule has 1 rings (SSSR count). The van der Waals surface area contributed by atoms with Crippen LogP contribution in [-0.2, 0) is 0 Å². The maximum atomic E-state index is 10.2. The second-order valence-corrected chi connectivity index (χ2v) is 5.17. The smallest absolute Gasteiger partial charge is 0.138 e. The van der Waals surface area contributed by atoms with E-state index < -0.39 is 6.10 Å². The standard InChI is InChI=1S/C14H23NO2/c1-9(2)11(5)14(16)12-6-13(8-15-7-12)17-10(3)4/h6-11,14,16H,1-5H3. The Labute approximate surface area is 104 Å². The van der Waals surface area contributed by atoms with Crippen LogP contribution in [0.4, 0.5) is 0 Å². The number of ether oxygens (including phenoxy) is 1. The normalized spacial score (nSPS) is 15.1. The zero-order valence-corrected chi connectivity index (χ0v) is 11.3. The van der Waals surface area contributed by atoms with Crippen molar-refractivity contribution < 1.29 is 9.84 Å². The molecule has 0 bridgehead atoms. The highest BCUT2D eigenvalue weighted by Gasteiger charge is 2.20. The molecule has 0 aromatic carbocycles. The fraction of sp³-hybridized carbons (Fsp3) is 0.643. The summed E-state index contributed by atoms with van der Waals surface area (Å²) >= 11 is 0. The van der Waals surface area contributed by atoms with Gasteiger partial charge in [-0.25, -0.2) is 0 Å². The van der Waals surface area contributed by atoms with Crippen molar-refractivity contribution in [2.45, 2.75) is 46.8 Å². The largest absolute Gasteiger partial charge is 0.489 e. The molecule has 0 spiro atoms. The van der Waals surface area contributed by atoms with Crippen LogP contribution >= 0.6 is 0 Å². The second-order valence-electron chi connectivity index (χ2n) is 5.17. The first-order valence-electron chi connectivity index (χ1n) is 6.21. The van der Waals surface area contributed by atoms with Crippen LogP contribution in [0.2, 0.25) is 0 Å². The van der Waals surface area contributed by atoms with Crippen LogP contribution in [0.15, 0.2) is 18.5 Å². The number of aliphatic hydroxyl groups excluding tert-OH is 1. The van der Waals surface area contributed by atoms with Gasteiger partial charge in [0.1, 0.15) is 5.75 Å². The minimum atomic E-state index is -0.488. The van der Waals surface area contributed by atoms with Crippen molar-refractivity contribution in [3.63, 3.8) is 0 Å². The van der Waals surface area contributed by atoms with Crippen LogP contribution in [0.5, 0.6) is 5.75 Å². The van der Waals surface area contributed by atoms with E-state index in [0.717, 1.165) is 5.56 Å². The molecule has 1 aromatic rings. The van der Waals surface area contributed by atoms with E-state index in [1.807, 2.05) is 26.8 Å². The molecule has 1 aromatic heterocycles. The van der Waals surface area contributed by atoms with E-state index in [1.54, 1.807) is 12.4 Å². The number of aromatic nitrogens is 1. The quantitative estimate of drug-likeness (QED) is 0.855. The predicted octanol–water partition coefficient (Wildman–Crippen LogP) is 3.19. The summed E-state index contributed by atoms with van der Waals surface area (Å²) in [6.45, 7) is 10.2. The van der Waals surface area contributed by atoms with E-state index in [-0.39, 0.29) is 12.0 Å². The molecule has 0 fully saturated rings. The van der Waals surface area contributed by atoms with Crippen molar-refractivity contribution in [2.24, 2.45) is 11.8 Å². The first-order valence-corrected chi connectivity index (χ1v) is 6.21. The highest BCUT2D eigenvalue weighted by molar-refractivity contribution is 5.25. The van der Waals surface area contributed by atoms with Crippen molar-refractivity contribution in [3.05, 3.63) is 24.0 Å². The Balaban J connectivity index is 2.83. The molecule has 96 valence electrons. The molecule has 0 aliphatic heterocycles. The van der Waals surface area contributed by atoms with Gasteiger partial charge in [-0.15, -0.1) is 0 Å². The molecule has 0 aliphatic carbocycles. The summed E-state index contributed by atoms with van der Waals surface area (Å²) in [5.41, 5.74) is 0.823. The summed E-state index contributed by atoms with van der Waals surface area (Å²) in [6, 6.07) is 1.87. The molecule has 3 heteroatoms. The fourth-order valence-corrected chi connectivity index (χ4v) is 1.60. The lowest BCUT2D eigenvalue weighted by molar-refractivity contribution is 0.0913. The zero-order valence-electron chi connectivity index (χ0n) is 11.3. The van der Waals surface area contributed by atoms with E-state index in [4.69, 9.17) is 4.74 Å². The van der Waals surface area contributed by atoms with Gasteiger partial charge in [-0.05, 0) is 31.7 Å². The van der Waals surface area contributed by atoms with Crippen molar-refractivity contribution in [1.82, 2.24) is 4.98 Å². The van der Waals surface area contributed by atoms with Gasteiger partial charge < -0.3 is 9.84 Å². The number of hydrogen-bond donors (Lipinski definition) is 1. The molecule has 2 unspecified atom stereocenters. The molecule has 0 amide bonds. The molecular formula is C14H23NO2. The molecule has 17 heavy (non-hydrogen) atoms. The van der Waals surface area contributed by atoms with Gasteiger partial charge in [0.15, 0.2) is 0 Å². The average Bonchev–Trinajstić information content (AvgIpc) is 2.26. The zero-order chi connectivity index (χ0) is 13.0. The average molecular weight is 237 g/mol. The van der Waals surface area contributed by atoms with E-state index >= 15 is 0 Å². The van der Waals surface area contributed by atoms with Gasteiger partial charge in [0.2, 0.25) is 0 Å². The second kappa shape index (κ2) is 6.01. The molecule has 0 saturated heterocycles. The number of pyridine rings is 1. The molecule has 3 nitrogen and oxygen atoms in total. The number of hydrogen-bond acceptors (Lipinski definition) is 3. The van der Waals surface area contributed by atoms with Gasteiger partial charge in [0, 0.05) is 11.8 Å². The van der Waals surface area contributed by atoms with Crippen molar-refractivity contribution in [2.75, 3.05) is 0 Å². The first-order chi connectivity index (χ1) is 7.91. The van der Waals surface area contributed by atoms with Crippen LogP contribution in [-0.4, -0.2) is 16.2 Å². The van der Waals surface area contributed by atoms with E-state index in [0.29, 0.717) is 11.7 Å². The maximum Gasteiger partial charge on any atom is 0.138 e. The van der Waals surface area contributed by atoms with Crippen LogP contribution in [0.25, 0.3) is 0 Å². The van der Waals surface area contributed by atoms with Crippen LogP contribution in [0, 0.1) is 11.8 Å². The Morgan fingerprint density at radius 1 is 1.12 bits per heavy atom. The molecule has 0 aliphatic rings. The predicted molar refractivity (Wildman–Crippen MR) is 69.0 cm³/mol. The van der Waals surface area contributed by atoms with Crippen molar-refractivity contribution >= 4 is 0 Å². The summed E-state index contributed by atoms with van der Waals surface area (Å²) in [5, 5.41) is 10.2. The summed E-state index contributed by atoms with van der Waals surface area (Å²) < 4.78 is 5.57. The maximum absolute atomic E-state index is 10.2. The third-order valence-electron chi connectivity index (χ3n) is 3.00. The number of nitrogens with zero attached hydrogens (tertiary/aromatic N) is 1. The van der Waals surface area contributed by atoms with Crippen molar-refractivity contribution in [1.29, 1.82) is 0 Å². The Bertz CT molecular complexity index is 350. The van der Waals surface area contributed by atoms with Crippen LogP contribution < -0.4 is 4.74 Å². The van der Waals surface area contributed by atoms with Gasteiger partial charge in [0.05, 0.1) is 18.4 Å². The number of rotatable bonds is 5. The van der Waals surface area contributed by atoms with Gasteiger partial charge >= 0.3 is 0 Å². The van der Waals surface area contributed by atoms with E-state index in [9.17, 15) is 5.11 Å². The highest BCUT2D eigenvalue weighted by atomic mass is 16.5. The third-order valence-corrected chi connectivity index (χ3v) is 3.00. The van der Waals surface area contributed by atoms with E-state index in [1.165, 1.54) is 0 Å². The molecule has 0 radical (unpaired) electrons. The SMILES string of the molecule is CC(C)Oc1cncc(C(O)C(C)C(C)C)c1. The highest BCUT2D eigenvalue weighted by Crippen LogP contribution is 2.28. The monoisotopic (exact) mass is 237 g/mol. The van der Waals surface area contributed by atoms with Gasteiger partial charge in [-0.3, -0.25) is 4.98 Å². The van der Waals surface area contributed by atoms with Crippen LogP contribution in [0.1, 0.15) is 46.3 Å². The summed E-state index contributed by atoms with van der Waals surface area (Å²) in [4.78, 5) is 4.12. The fourth-order valence-electron chi connectivity index (χ4n) is 1.60. The lowest BCUT2D eigenvalue weighted by Crippen LogP contribution is -2.15. The third kappa shape index (κ3) is 4.00. The topological polar surface area (TPSA) is 42.4 Å².